The molecule has 6 heteroatoms. The first-order chi connectivity index (χ1) is 7.31. The van der Waals surface area contributed by atoms with Gasteiger partial charge in [0.25, 0.3) is 0 Å². The SMILES string of the molecule is CC(C)(C)OC(=O)N(N)N1CCCCC1=O. The lowest BCUT2D eigenvalue weighted by Crippen LogP contribution is -2.56. The third kappa shape index (κ3) is 3.37. The molecule has 1 saturated heterocycles. The zero-order valence-corrected chi connectivity index (χ0v) is 10.0. The van der Waals surface area contributed by atoms with E-state index in [1.807, 2.05) is 0 Å². The Morgan fingerprint density at radius 2 is 2.06 bits per heavy atom. The number of rotatable bonds is 1. The number of hydrazine groups is 2. The number of amides is 2. The Labute approximate surface area is 95.3 Å². The van der Waals surface area contributed by atoms with Crippen LogP contribution in [-0.2, 0) is 9.53 Å². The number of ether oxygens (including phenoxy) is 1. The van der Waals surface area contributed by atoms with E-state index in [0.29, 0.717) is 13.0 Å². The molecule has 0 aromatic heterocycles. The summed E-state index contributed by atoms with van der Waals surface area (Å²) in [4.78, 5) is 23.1. The largest absolute Gasteiger partial charge is 0.444 e. The zero-order chi connectivity index (χ0) is 12.3. The van der Waals surface area contributed by atoms with Crippen LogP contribution in [0.5, 0.6) is 0 Å². The van der Waals surface area contributed by atoms with Crippen LogP contribution in [0.15, 0.2) is 0 Å². The van der Waals surface area contributed by atoms with Crippen molar-refractivity contribution in [2.45, 2.75) is 45.6 Å². The number of carbonyl (C=O) groups is 2. The molecular formula is C10H19N3O3. The van der Waals surface area contributed by atoms with E-state index in [0.717, 1.165) is 18.0 Å². The molecule has 0 aromatic carbocycles. The molecule has 1 fully saturated rings. The van der Waals surface area contributed by atoms with Crippen LogP contribution in [-0.4, -0.2) is 34.3 Å². The van der Waals surface area contributed by atoms with Gasteiger partial charge in [-0.2, -0.15) is 0 Å². The smallest absolute Gasteiger partial charge is 0.441 e. The summed E-state index contributed by atoms with van der Waals surface area (Å²) >= 11 is 0. The van der Waals surface area contributed by atoms with Crippen molar-refractivity contribution in [3.63, 3.8) is 0 Å². The maximum atomic E-state index is 11.6. The van der Waals surface area contributed by atoms with Gasteiger partial charge < -0.3 is 4.74 Å². The Morgan fingerprint density at radius 1 is 1.44 bits per heavy atom. The van der Waals surface area contributed by atoms with E-state index in [4.69, 9.17) is 10.6 Å². The van der Waals surface area contributed by atoms with Crippen LogP contribution in [0.25, 0.3) is 0 Å². The molecule has 0 radical (unpaired) electrons. The number of carbonyl (C=O) groups excluding carboxylic acids is 2. The van der Waals surface area contributed by atoms with Gasteiger partial charge in [0.2, 0.25) is 5.91 Å². The van der Waals surface area contributed by atoms with Gasteiger partial charge in [0.15, 0.2) is 0 Å². The fourth-order valence-corrected chi connectivity index (χ4v) is 1.43. The number of hydrogen-bond donors (Lipinski definition) is 1. The van der Waals surface area contributed by atoms with E-state index < -0.39 is 11.7 Å². The van der Waals surface area contributed by atoms with Crippen molar-refractivity contribution in [1.29, 1.82) is 0 Å². The van der Waals surface area contributed by atoms with E-state index in [1.54, 1.807) is 20.8 Å². The molecule has 0 saturated carbocycles. The highest BCUT2D eigenvalue weighted by Crippen LogP contribution is 2.14. The first-order valence-electron chi connectivity index (χ1n) is 5.39. The lowest BCUT2D eigenvalue weighted by atomic mass is 10.1. The van der Waals surface area contributed by atoms with Crippen molar-refractivity contribution in [1.82, 2.24) is 10.1 Å². The van der Waals surface area contributed by atoms with E-state index in [2.05, 4.69) is 0 Å². The molecule has 2 amide bonds. The molecule has 6 nitrogen and oxygen atoms in total. The van der Waals surface area contributed by atoms with Crippen molar-refractivity contribution >= 4 is 12.0 Å². The fourth-order valence-electron chi connectivity index (χ4n) is 1.43. The molecular weight excluding hydrogens is 210 g/mol. The van der Waals surface area contributed by atoms with Gasteiger partial charge in [-0.25, -0.2) is 15.6 Å². The van der Waals surface area contributed by atoms with E-state index >= 15 is 0 Å². The minimum Gasteiger partial charge on any atom is -0.441 e. The summed E-state index contributed by atoms with van der Waals surface area (Å²) in [6.45, 7) is 5.71. The quantitative estimate of drug-likeness (QED) is 0.414. The van der Waals surface area contributed by atoms with Gasteiger partial charge in [-0.3, -0.25) is 4.79 Å². The summed E-state index contributed by atoms with van der Waals surface area (Å²) in [7, 11) is 0. The second-order valence-electron chi connectivity index (χ2n) is 4.80. The molecule has 0 spiro atoms. The Morgan fingerprint density at radius 3 is 2.56 bits per heavy atom. The molecule has 1 aliphatic rings. The zero-order valence-electron chi connectivity index (χ0n) is 10.0. The number of nitrogens with two attached hydrogens (primary N) is 1. The van der Waals surface area contributed by atoms with Crippen molar-refractivity contribution < 1.29 is 14.3 Å². The Kier molecular flexibility index (Phi) is 3.74. The highest BCUT2D eigenvalue weighted by Gasteiger charge is 2.29. The highest BCUT2D eigenvalue weighted by molar-refractivity contribution is 5.79. The second kappa shape index (κ2) is 4.69. The van der Waals surface area contributed by atoms with Crippen LogP contribution in [0.3, 0.4) is 0 Å². The van der Waals surface area contributed by atoms with Crippen LogP contribution in [0.2, 0.25) is 0 Å². The Bertz CT molecular complexity index is 286. The van der Waals surface area contributed by atoms with Gasteiger partial charge in [0.1, 0.15) is 5.60 Å². The minimum atomic E-state index is -0.706. The predicted octanol–water partition coefficient (Wildman–Crippen LogP) is 1.02. The monoisotopic (exact) mass is 229 g/mol. The van der Waals surface area contributed by atoms with Crippen molar-refractivity contribution in [3.8, 4) is 0 Å². The van der Waals surface area contributed by atoms with Crippen LogP contribution in [0, 0.1) is 0 Å². The second-order valence-corrected chi connectivity index (χ2v) is 4.80. The standard InChI is InChI=1S/C10H19N3O3/c1-10(2,3)16-9(15)13(11)12-7-5-4-6-8(12)14/h4-7,11H2,1-3H3. The van der Waals surface area contributed by atoms with E-state index in [-0.39, 0.29) is 5.91 Å². The fraction of sp³-hybridized carbons (Fsp3) is 0.800. The van der Waals surface area contributed by atoms with Gasteiger partial charge in [0, 0.05) is 13.0 Å². The maximum Gasteiger partial charge on any atom is 0.444 e. The average Bonchev–Trinajstić information content (AvgIpc) is 2.15. The Hall–Kier alpha value is -1.30. The minimum absolute atomic E-state index is 0.139. The molecule has 1 aliphatic heterocycles. The molecule has 16 heavy (non-hydrogen) atoms. The first kappa shape index (κ1) is 12.8. The molecule has 2 N–H and O–H groups in total. The number of hydrogen-bond acceptors (Lipinski definition) is 4. The summed E-state index contributed by atoms with van der Waals surface area (Å²) in [5.41, 5.74) is -0.618. The lowest BCUT2D eigenvalue weighted by molar-refractivity contribution is -0.151. The van der Waals surface area contributed by atoms with Crippen LogP contribution in [0.4, 0.5) is 4.79 Å². The normalized spacial score (nSPS) is 17.2. The average molecular weight is 229 g/mol. The van der Waals surface area contributed by atoms with E-state index in [9.17, 15) is 9.59 Å². The topological polar surface area (TPSA) is 75.9 Å². The lowest BCUT2D eigenvalue weighted by Gasteiger charge is -2.34. The molecule has 0 aromatic rings. The molecule has 1 rings (SSSR count). The summed E-state index contributed by atoms with van der Waals surface area (Å²) in [5, 5.41) is 2.00. The van der Waals surface area contributed by atoms with Gasteiger partial charge in [-0.15, -0.1) is 5.12 Å². The molecule has 0 aliphatic carbocycles. The molecule has 92 valence electrons. The third-order valence-electron chi connectivity index (χ3n) is 2.14. The highest BCUT2D eigenvalue weighted by atomic mass is 16.6. The van der Waals surface area contributed by atoms with Gasteiger partial charge in [-0.1, -0.05) is 0 Å². The maximum absolute atomic E-state index is 11.6. The first-order valence-corrected chi connectivity index (χ1v) is 5.39. The van der Waals surface area contributed by atoms with Crippen molar-refractivity contribution in [2.24, 2.45) is 5.84 Å². The van der Waals surface area contributed by atoms with Crippen LogP contribution >= 0.6 is 0 Å². The Balaban J connectivity index is 2.59. The molecule has 0 atom stereocenters. The summed E-state index contributed by atoms with van der Waals surface area (Å²) in [6, 6.07) is 0. The van der Waals surface area contributed by atoms with Gasteiger partial charge >= 0.3 is 6.09 Å². The van der Waals surface area contributed by atoms with Crippen molar-refractivity contribution in [2.75, 3.05) is 6.54 Å². The van der Waals surface area contributed by atoms with Gasteiger partial charge in [0.05, 0.1) is 0 Å². The van der Waals surface area contributed by atoms with E-state index in [1.165, 1.54) is 5.01 Å². The molecule has 0 bridgehead atoms. The molecule has 0 unspecified atom stereocenters. The van der Waals surface area contributed by atoms with Crippen molar-refractivity contribution in [3.05, 3.63) is 0 Å². The third-order valence-corrected chi connectivity index (χ3v) is 2.14. The number of piperidine rings is 1. The summed E-state index contributed by atoms with van der Waals surface area (Å²) in [6.07, 6.45) is 1.42. The molecule has 1 heterocycles. The summed E-state index contributed by atoms with van der Waals surface area (Å²) < 4.78 is 5.07. The number of nitrogens with zero attached hydrogens (tertiary/aromatic N) is 2. The van der Waals surface area contributed by atoms with Crippen LogP contribution in [0.1, 0.15) is 40.0 Å². The van der Waals surface area contributed by atoms with Crippen LogP contribution < -0.4 is 5.84 Å². The predicted molar refractivity (Wildman–Crippen MR) is 57.8 cm³/mol. The summed E-state index contributed by atoms with van der Waals surface area (Å²) in [5.74, 6) is 5.41. The van der Waals surface area contributed by atoms with Gasteiger partial charge in [-0.05, 0) is 33.6 Å².